The number of hydrogen-bond acceptors (Lipinski definition) is 3. The van der Waals surface area contributed by atoms with Crippen molar-refractivity contribution < 1.29 is 4.79 Å². The number of hydrogen-bond donors (Lipinski definition) is 1. The number of carbonyl (C=O) groups is 1. The average Bonchev–Trinajstić information content (AvgIpc) is 3.08. The highest BCUT2D eigenvalue weighted by Gasteiger charge is 2.35. The average molecular weight is 273 g/mol. The summed E-state index contributed by atoms with van der Waals surface area (Å²) in [6.45, 7) is 6.01. The number of nitrogens with one attached hydrogen (secondary N) is 1. The summed E-state index contributed by atoms with van der Waals surface area (Å²) in [6, 6.07) is 10.4. The fraction of sp³-hybridized carbons (Fsp3) is 0.562. The molecule has 1 aromatic rings. The van der Waals surface area contributed by atoms with Crippen molar-refractivity contribution in [3.63, 3.8) is 0 Å². The van der Waals surface area contributed by atoms with Gasteiger partial charge in [0.05, 0.1) is 6.67 Å². The minimum Gasteiger partial charge on any atom is -0.327 e. The number of rotatable bonds is 4. The molecule has 20 heavy (non-hydrogen) atoms. The Morgan fingerprint density at radius 2 is 2.10 bits per heavy atom. The van der Waals surface area contributed by atoms with E-state index in [1.165, 1.54) is 19.4 Å². The molecule has 2 fully saturated rings. The molecule has 108 valence electrons. The topological polar surface area (TPSA) is 35.6 Å². The number of carbonyl (C=O) groups excluding carboxylic acids is 1. The first kappa shape index (κ1) is 13.6. The molecule has 2 heterocycles. The summed E-state index contributed by atoms with van der Waals surface area (Å²) in [5.41, 5.74) is 1.07. The molecule has 2 unspecified atom stereocenters. The molecular formula is C16H23N3O. The highest BCUT2D eigenvalue weighted by atomic mass is 16.2. The minimum atomic E-state index is -0.160. The number of likely N-dealkylation sites (N-methyl/N-ethyl adjacent to an activating group) is 1. The van der Waals surface area contributed by atoms with Gasteiger partial charge in [-0.1, -0.05) is 37.3 Å². The van der Waals surface area contributed by atoms with Crippen molar-refractivity contribution in [1.82, 2.24) is 15.1 Å². The first-order valence-corrected chi connectivity index (χ1v) is 7.60. The Balaban J connectivity index is 1.64. The van der Waals surface area contributed by atoms with Crippen molar-refractivity contribution in [2.75, 3.05) is 26.3 Å². The lowest BCUT2D eigenvalue weighted by Crippen LogP contribution is -2.41. The lowest BCUT2D eigenvalue weighted by molar-refractivity contribution is -0.129. The van der Waals surface area contributed by atoms with Gasteiger partial charge in [0.25, 0.3) is 0 Å². The van der Waals surface area contributed by atoms with E-state index < -0.39 is 0 Å². The van der Waals surface area contributed by atoms with Crippen molar-refractivity contribution in [2.45, 2.75) is 31.8 Å². The van der Waals surface area contributed by atoms with Crippen LogP contribution >= 0.6 is 0 Å². The van der Waals surface area contributed by atoms with E-state index in [1.807, 2.05) is 35.2 Å². The third kappa shape index (κ3) is 2.58. The quantitative estimate of drug-likeness (QED) is 0.905. The summed E-state index contributed by atoms with van der Waals surface area (Å²) in [5.74, 6) is 0.221. The maximum atomic E-state index is 12.5. The predicted molar refractivity (Wildman–Crippen MR) is 79.2 cm³/mol. The zero-order valence-electron chi connectivity index (χ0n) is 12.1. The van der Waals surface area contributed by atoms with Crippen molar-refractivity contribution in [3.8, 4) is 0 Å². The van der Waals surface area contributed by atoms with Crippen LogP contribution in [0.2, 0.25) is 0 Å². The molecule has 1 N–H and O–H groups in total. The van der Waals surface area contributed by atoms with Crippen LogP contribution in [0.1, 0.15) is 31.4 Å². The van der Waals surface area contributed by atoms with Gasteiger partial charge in [0.2, 0.25) is 5.91 Å². The Hall–Kier alpha value is -1.39. The van der Waals surface area contributed by atoms with Crippen LogP contribution in [0.3, 0.4) is 0 Å². The van der Waals surface area contributed by atoms with E-state index in [4.69, 9.17) is 0 Å². The molecule has 0 aliphatic carbocycles. The molecule has 0 spiro atoms. The van der Waals surface area contributed by atoms with Gasteiger partial charge < -0.3 is 4.90 Å². The molecule has 0 radical (unpaired) electrons. The number of amides is 1. The van der Waals surface area contributed by atoms with Gasteiger partial charge in [-0.05, 0) is 31.5 Å². The van der Waals surface area contributed by atoms with Crippen LogP contribution in [0, 0.1) is 0 Å². The summed E-state index contributed by atoms with van der Waals surface area (Å²) < 4.78 is 0. The maximum absolute atomic E-state index is 12.5. The van der Waals surface area contributed by atoms with Gasteiger partial charge in [-0.15, -0.1) is 0 Å². The third-order valence-electron chi connectivity index (χ3n) is 4.51. The van der Waals surface area contributed by atoms with Gasteiger partial charge in [-0.25, -0.2) is 0 Å². The number of likely N-dealkylation sites (tertiary alicyclic amines) is 1. The summed E-state index contributed by atoms with van der Waals surface area (Å²) in [6.07, 6.45) is 2.48. The first-order valence-electron chi connectivity index (χ1n) is 7.60. The summed E-state index contributed by atoms with van der Waals surface area (Å²) in [4.78, 5) is 17.0. The Kier molecular flexibility index (Phi) is 4.03. The molecule has 0 bridgehead atoms. The minimum absolute atomic E-state index is 0.160. The standard InChI is InChI=1S/C16H23N3O/c1-2-18-10-6-9-14(18)11-19-12-17-15(16(19)20)13-7-4-3-5-8-13/h3-5,7-8,14-15,17H,2,6,9-12H2,1H3. The van der Waals surface area contributed by atoms with E-state index in [0.29, 0.717) is 12.7 Å². The van der Waals surface area contributed by atoms with Gasteiger partial charge in [0, 0.05) is 12.6 Å². The second kappa shape index (κ2) is 5.94. The zero-order chi connectivity index (χ0) is 13.9. The molecule has 4 heteroatoms. The van der Waals surface area contributed by atoms with E-state index in [0.717, 1.165) is 18.7 Å². The fourth-order valence-corrected chi connectivity index (χ4v) is 3.38. The van der Waals surface area contributed by atoms with E-state index >= 15 is 0 Å². The predicted octanol–water partition coefficient (Wildman–Crippen LogP) is 1.60. The van der Waals surface area contributed by atoms with Crippen molar-refractivity contribution >= 4 is 5.91 Å². The first-order chi connectivity index (χ1) is 9.79. The van der Waals surface area contributed by atoms with Gasteiger partial charge in [-0.3, -0.25) is 15.0 Å². The van der Waals surface area contributed by atoms with E-state index in [-0.39, 0.29) is 11.9 Å². The molecule has 3 rings (SSSR count). The van der Waals surface area contributed by atoms with Crippen LogP contribution in [0.5, 0.6) is 0 Å². The molecule has 2 saturated heterocycles. The fourth-order valence-electron chi connectivity index (χ4n) is 3.38. The molecule has 4 nitrogen and oxygen atoms in total. The zero-order valence-corrected chi connectivity index (χ0v) is 12.1. The monoisotopic (exact) mass is 273 g/mol. The molecule has 1 amide bonds. The van der Waals surface area contributed by atoms with Crippen LogP contribution in [-0.2, 0) is 4.79 Å². The van der Waals surface area contributed by atoms with Crippen molar-refractivity contribution in [3.05, 3.63) is 35.9 Å². The highest BCUT2D eigenvalue weighted by Crippen LogP contribution is 2.23. The summed E-state index contributed by atoms with van der Waals surface area (Å²) in [7, 11) is 0. The molecule has 0 aromatic heterocycles. The van der Waals surface area contributed by atoms with Crippen LogP contribution in [-0.4, -0.2) is 48.1 Å². The number of benzene rings is 1. The molecule has 0 saturated carbocycles. The van der Waals surface area contributed by atoms with Gasteiger partial charge in [-0.2, -0.15) is 0 Å². The molecule has 2 aliphatic rings. The summed E-state index contributed by atoms with van der Waals surface area (Å²) in [5, 5.41) is 3.34. The van der Waals surface area contributed by atoms with E-state index in [2.05, 4.69) is 17.1 Å². The van der Waals surface area contributed by atoms with Gasteiger partial charge in [0.15, 0.2) is 0 Å². The summed E-state index contributed by atoms with van der Waals surface area (Å²) >= 11 is 0. The van der Waals surface area contributed by atoms with Crippen LogP contribution in [0.4, 0.5) is 0 Å². The Bertz CT molecular complexity index is 462. The number of nitrogens with zero attached hydrogens (tertiary/aromatic N) is 2. The Morgan fingerprint density at radius 3 is 2.85 bits per heavy atom. The third-order valence-corrected chi connectivity index (χ3v) is 4.51. The van der Waals surface area contributed by atoms with Crippen molar-refractivity contribution in [1.29, 1.82) is 0 Å². The second-order valence-electron chi connectivity index (χ2n) is 5.69. The van der Waals surface area contributed by atoms with Crippen LogP contribution in [0.15, 0.2) is 30.3 Å². The highest BCUT2D eigenvalue weighted by molar-refractivity contribution is 5.85. The van der Waals surface area contributed by atoms with Crippen molar-refractivity contribution in [2.24, 2.45) is 0 Å². The lowest BCUT2D eigenvalue weighted by Gasteiger charge is -2.27. The smallest absolute Gasteiger partial charge is 0.245 e. The van der Waals surface area contributed by atoms with Crippen LogP contribution in [0.25, 0.3) is 0 Å². The normalized spacial score (nSPS) is 27.4. The largest absolute Gasteiger partial charge is 0.327 e. The van der Waals surface area contributed by atoms with Crippen LogP contribution < -0.4 is 5.32 Å². The maximum Gasteiger partial charge on any atom is 0.245 e. The molecular weight excluding hydrogens is 250 g/mol. The lowest BCUT2D eigenvalue weighted by atomic mass is 10.1. The molecule has 2 aliphatic heterocycles. The SMILES string of the molecule is CCN1CCCC1CN1CNC(c2ccccc2)C1=O. The Morgan fingerprint density at radius 1 is 1.30 bits per heavy atom. The molecule has 2 atom stereocenters. The second-order valence-corrected chi connectivity index (χ2v) is 5.69. The van der Waals surface area contributed by atoms with Gasteiger partial charge >= 0.3 is 0 Å². The van der Waals surface area contributed by atoms with E-state index in [1.54, 1.807) is 0 Å². The van der Waals surface area contributed by atoms with E-state index in [9.17, 15) is 4.79 Å². The Labute approximate surface area is 120 Å². The van der Waals surface area contributed by atoms with Gasteiger partial charge in [0.1, 0.15) is 6.04 Å². The molecule has 1 aromatic carbocycles.